The Kier molecular flexibility index (Phi) is 6.15. The second-order valence-corrected chi connectivity index (χ2v) is 5.47. The van der Waals surface area contributed by atoms with Gasteiger partial charge in [-0.1, -0.05) is 11.6 Å². The Morgan fingerprint density at radius 3 is 2.00 bits per heavy atom. The molecule has 0 saturated heterocycles. The molecule has 6 nitrogen and oxygen atoms in total. The van der Waals surface area contributed by atoms with E-state index >= 15 is 0 Å². The predicted octanol–water partition coefficient (Wildman–Crippen LogP) is 3.76. The van der Waals surface area contributed by atoms with E-state index in [4.69, 9.17) is 16.9 Å². The molecule has 0 aliphatic heterocycles. The van der Waals surface area contributed by atoms with Crippen LogP contribution in [-0.4, -0.2) is 11.8 Å². The molecule has 2 aromatic carbocycles. The van der Waals surface area contributed by atoms with Gasteiger partial charge in [-0.2, -0.15) is 5.26 Å². The first-order valence-corrected chi connectivity index (χ1v) is 7.67. The average Bonchev–Trinajstić information content (AvgIpc) is 2.58. The molecule has 0 spiro atoms. The minimum absolute atomic E-state index is 0.0825. The van der Waals surface area contributed by atoms with E-state index in [2.05, 4.69) is 16.0 Å². The summed E-state index contributed by atoms with van der Waals surface area (Å²) in [5.41, 5.74) is 1.74. The van der Waals surface area contributed by atoms with Gasteiger partial charge in [0.25, 0.3) is 5.91 Å². The van der Waals surface area contributed by atoms with Gasteiger partial charge in [0.1, 0.15) is 11.6 Å². The molecular formula is C18H15ClN4O2. The Morgan fingerprint density at radius 1 is 0.960 bits per heavy atom. The molecule has 2 amide bonds. The fraction of sp³-hybridized carbons (Fsp3) is 0.0556. The number of benzene rings is 2. The van der Waals surface area contributed by atoms with Crippen LogP contribution in [-0.2, 0) is 9.59 Å². The molecule has 0 atom stereocenters. The second kappa shape index (κ2) is 8.52. The van der Waals surface area contributed by atoms with Crippen molar-refractivity contribution in [1.82, 2.24) is 0 Å². The molecule has 0 bridgehead atoms. The van der Waals surface area contributed by atoms with Crippen LogP contribution in [0.15, 0.2) is 60.3 Å². The molecule has 0 radical (unpaired) electrons. The monoisotopic (exact) mass is 354 g/mol. The van der Waals surface area contributed by atoms with Gasteiger partial charge in [-0.25, -0.2) is 0 Å². The molecule has 2 aromatic rings. The van der Waals surface area contributed by atoms with Gasteiger partial charge < -0.3 is 16.0 Å². The SMILES string of the molecule is CC(=O)Nc1ccc(NC(=O)/C(C#N)=C\Nc2ccc(Cl)cc2)cc1. The van der Waals surface area contributed by atoms with Crippen LogP contribution in [0, 0.1) is 11.3 Å². The summed E-state index contributed by atoms with van der Waals surface area (Å²) in [6.45, 7) is 1.41. The summed E-state index contributed by atoms with van der Waals surface area (Å²) in [5, 5.41) is 17.9. The Hall–Kier alpha value is -3.30. The highest BCUT2D eigenvalue weighted by Crippen LogP contribution is 2.15. The van der Waals surface area contributed by atoms with Crippen LogP contribution in [0.1, 0.15) is 6.92 Å². The van der Waals surface area contributed by atoms with E-state index in [-0.39, 0.29) is 11.5 Å². The minimum atomic E-state index is -0.545. The van der Waals surface area contributed by atoms with Crippen LogP contribution in [0.3, 0.4) is 0 Å². The van der Waals surface area contributed by atoms with Gasteiger partial charge in [0.15, 0.2) is 0 Å². The van der Waals surface area contributed by atoms with Crippen molar-refractivity contribution >= 4 is 40.5 Å². The highest BCUT2D eigenvalue weighted by atomic mass is 35.5. The van der Waals surface area contributed by atoms with Crippen molar-refractivity contribution in [2.75, 3.05) is 16.0 Å². The van der Waals surface area contributed by atoms with Crippen molar-refractivity contribution < 1.29 is 9.59 Å². The second-order valence-electron chi connectivity index (χ2n) is 5.03. The van der Waals surface area contributed by atoms with Crippen LogP contribution < -0.4 is 16.0 Å². The van der Waals surface area contributed by atoms with Crippen molar-refractivity contribution in [3.05, 3.63) is 65.3 Å². The van der Waals surface area contributed by atoms with Crippen LogP contribution in [0.4, 0.5) is 17.1 Å². The van der Waals surface area contributed by atoms with Gasteiger partial charge in [-0.3, -0.25) is 9.59 Å². The zero-order chi connectivity index (χ0) is 18.2. The topological polar surface area (TPSA) is 94.0 Å². The maximum atomic E-state index is 12.1. The highest BCUT2D eigenvalue weighted by Gasteiger charge is 2.09. The van der Waals surface area contributed by atoms with E-state index in [9.17, 15) is 9.59 Å². The maximum Gasteiger partial charge on any atom is 0.267 e. The molecule has 0 heterocycles. The first-order chi connectivity index (χ1) is 12.0. The summed E-state index contributed by atoms with van der Waals surface area (Å²) in [4.78, 5) is 23.1. The quantitative estimate of drug-likeness (QED) is 0.563. The molecule has 0 fully saturated rings. The molecule has 0 aliphatic carbocycles. The Balaban J connectivity index is 2.01. The number of rotatable bonds is 5. The lowest BCUT2D eigenvalue weighted by Gasteiger charge is -2.07. The van der Waals surface area contributed by atoms with E-state index in [1.165, 1.54) is 13.1 Å². The van der Waals surface area contributed by atoms with Crippen LogP contribution in [0.2, 0.25) is 5.02 Å². The predicted molar refractivity (Wildman–Crippen MR) is 98.1 cm³/mol. The zero-order valence-electron chi connectivity index (χ0n) is 13.3. The lowest BCUT2D eigenvalue weighted by atomic mass is 10.2. The van der Waals surface area contributed by atoms with Gasteiger partial charge in [0.05, 0.1) is 0 Å². The molecule has 2 rings (SSSR count). The molecule has 0 unspecified atom stereocenters. The number of hydrogen-bond donors (Lipinski definition) is 3. The number of nitrogens with zero attached hydrogens (tertiary/aromatic N) is 1. The summed E-state index contributed by atoms with van der Waals surface area (Å²) < 4.78 is 0. The average molecular weight is 355 g/mol. The smallest absolute Gasteiger partial charge is 0.267 e. The molecule has 25 heavy (non-hydrogen) atoms. The summed E-state index contributed by atoms with van der Waals surface area (Å²) >= 11 is 5.80. The number of halogens is 1. The largest absolute Gasteiger partial charge is 0.360 e. The van der Waals surface area contributed by atoms with Crippen LogP contribution in [0.5, 0.6) is 0 Å². The lowest BCUT2D eigenvalue weighted by molar-refractivity contribution is -0.114. The van der Waals surface area contributed by atoms with Crippen molar-refractivity contribution in [2.24, 2.45) is 0 Å². The minimum Gasteiger partial charge on any atom is -0.360 e. The molecule has 0 aromatic heterocycles. The number of carbonyl (C=O) groups is 2. The Bertz CT molecular complexity index is 837. The van der Waals surface area contributed by atoms with Crippen molar-refractivity contribution in [3.63, 3.8) is 0 Å². The van der Waals surface area contributed by atoms with E-state index in [0.717, 1.165) is 0 Å². The maximum absolute atomic E-state index is 12.1. The van der Waals surface area contributed by atoms with Crippen molar-refractivity contribution in [1.29, 1.82) is 5.26 Å². The fourth-order valence-electron chi connectivity index (χ4n) is 1.89. The van der Waals surface area contributed by atoms with E-state index in [0.29, 0.717) is 22.1 Å². The molecule has 0 aliphatic rings. The molecular weight excluding hydrogens is 340 g/mol. The third kappa shape index (κ3) is 5.68. The molecule has 7 heteroatoms. The standard InChI is InChI=1S/C18H15ClN4O2/c1-12(24)22-16-6-8-17(9-7-16)23-18(25)13(10-20)11-21-15-4-2-14(19)3-5-15/h2-9,11,21H,1H3,(H,22,24)(H,23,25)/b13-11-. The van der Waals surface area contributed by atoms with Crippen LogP contribution in [0.25, 0.3) is 0 Å². The van der Waals surface area contributed by atoms with Gasteiger partial charge in [-0.15, -0.1) is 0 Å². The molecule has 0 saturated carbocycles. The summed E-state index contributed by atoms with van der Waals surface area (Å²) in [7, 11) is 0. The highest BCUT2D eigenvalue weighted by molar-refractivity contribution is 6.30. The fourth-order valence-corrected chi connectivity index (χ4v) is 2.01. The summed E-state index contributed by atoms with van der Waals surface area (Å²) in [5.74, 6) is -0.726. The summed E-state index contributed by atoms with van der Waals surface area (Å²) in [6.07, 6.45) is 1.32. The van der Waals surface area contributed by atoms with E-state index in [1.54, 1.807) is 48.5 Å². The van der Waals surface area contributed by atoms with Crippen molar-refractivity contribution in [2.45, 2.75) is 6.92 Å². The zero-order valence-corrected chi connectivity index (χ0v) is 14.1. The third-order valence-electron chi connectivity index (χ3n) is 3.06. The number of nitrogens with one attached hydrogen (secondary N) is 3. The number of nitriles is 1. The van der Waals surface area contributed by atoms with E-state index < -0.39 is 5.91 Å². The van der Waals surface area contributed by atoms with Crippen molar-refractivity contribution in [3.8, 4) is 6.07 Å². The van der Waals surface area contributed by atoms with Crippen LogP contribution >= 0.6 is 11.6 Å². The van der Waals surface area contributed by atoms with Gasteiger partial charge in [0.2, 0.25) is 5.91 Å². The Labute approximate surface area is 150 Å². The first kappa shape index (κ1) is 18.0. The van der Waals surface area contributed by atoms with E-state index in [1.807, 2.05) is 6.07 Å². The third-order valence-corrected chi connectivity index (χ3v) is 3.31. The van der Waals surface area contributed by atoms with Gasteiger partial charge >= 0.3 is 0 Å². The van der Waals surface area contributed by atoms with Gasteiger partial charge in [0, 0.05) is 35.2 Å². The molecule has 3 N–H and O–H groups in total. The number of amides is 2. The summed E-state index contributed by atoms with van der Waals surface area (Å²) in [6, 6.07) is 15.3. The normalized spacial score (nSPS) is 10.5. The Morgan fingerprint density at radius 2 is 1.48 bits per heavy atom. The number of carbonyl (C=O) groups excluding carboxylic acids is 2. The van der Waals surface area contributed by atoms with Gasteiger partial charge in [-0.05, 0) is 48.5 Å². The molecule has 126 valence electrons. The first-order valence-electron chi connectivity index (χ1n) is 7.29. The lowest BCUT2D eigenvalue weighted by Crippen LogP contribution is -2.14. The number of anilines is 3. The number of hydrogen-bond acceptors (Lipinski definition) is 4.